The van der Waals surface area contributed by atoms with Gasteiger partial charge in [0, 0.05) is 13.0 Å². The van der Waals surface area contributed by atoms with Crippen LogP contribution in [-0.4, -0.2) is 29.8 Å². The summed E-state index contributed by atoms with van der Waals surface area (Å²) in [6.45, 7) is 3.04. The molecule has 2 fully saturated rings. The highest BCUT2D eigenvalue weighted by Gasteiger charge is 2.24. The average molecular weight is 237 g/mol. The second kappa shape index (κ2) is 5.14. The number of nitrogens with zero attached hydrogens (tertiary/aromatic N) is 2. The molecule has 1 aromatic heterocycles. The number of ether oxygens (including phenoxy) is 1. The lowest BCUT2D eigenvalue weighted by Gasteiger charge is -2.20. The Morgan fingerprint density at radius 1 is 1.24 bits per heavy atom. The first kappa shape index (κ1) is 11.2. The van der Waals surface area contributed by atoms with Gasteiger partial charge in [0.2, 0.25) is 11.7 Å². The molecule has 0 radical (unpaired) electrons. The monoisotopic (exact) mass is 237 g/mol. The lowest BCUT2D eigenvalue weighted by atomic mass is 9.95. The Bertz CT molecular complexity index is 354. The highest BCUT2D eigenvalue weighted by Crippen LogP contribution is 2.26. The van der Waals surface area contributed by atoms with E-state index >= 15 is 0 Å². The van der Waals surface area contributed by atoms with Crippen LogP contribution in [0.3, 0.4) is 0 Å². The molecule has 94 valence electrons. The standard InChI is InChI=1S/C12H19N3O2/c1-2-10(16-7-1)12-14-11(17-15-12)8-9-3-5-13-6-4-9/h9-10,13H,1-8H2. The van der Waals surface area contributed by atoms with Crippen molar-refractivity contribution in [1.29, 1.82) is 0 Å². The molecule has 0 spiro atoms. The molecule has 0 saturated carbocycles. The summed E-state index contributed by atoms with van der Waals surface area (Å²) >= 11 is 0. The van der Waals surface area contributed by atoms with Crippen LogP contribution in [0.25, 0.3) is 0 Å². The lowest BCUT2D eigenvalue weighted by Crippen LogP contribution is -2.28. The van der Waals surface area contributed by atoms with Crippen molar-refractivity contribution in [3.8, 4) is 0 Å². The maximum atomic E-state index is 5.55. The van der Waals surface area contributed by atoms with Crippen LogP contribution in [0.1, 0.15) is 43.5 Å². The van der Waals surface area contributed by atoms with Crippen LogP contribution in [0.5, 0.6) is 0 Å². The molecule has 5 heteroatoms. The van der Waals surface area contributed by atoms with Gasteiger partial charge in [-0.05, 0) is 44.7 Å². The summed E-state index contributed by atoms with van der Waals surface area (Å²) in [5.41, 5.74) is 0. The van der Waals surface area contributed by atoms with Gasteiger partial charge < -0.3 is 14.6 Å². The minimum absolute atomic E-state index is 0.0699. The van der Waals surface area contributed by atoms with Gasteiger partial charge in [0.15, 0.2) is 0 Å². The van der Waals surface area contributed by atoms with Gasteiger partial charge in [-0.1, -0.05) is 5.16 Å². The molecule has 5 nitrogen and oxygen atoms in total. The van der Waals surface area contributed by atoms with Crippen molar-refractivity contribution in [2.75, 3.05) is 19.7 Å². The highest BCUT2D eigenvalue weighted by atomic mass is 16.5. The van der Waals surface area contributed by atoms with E-state index in [0.29, 0.717) is 5.92 Å². The smallest absolute Gasteiger partial charge is 0.227 e. The predicted octanol–water partition coefficient (Wildman–Crippen LogP) is 1.46. The molecule has 0 aromatic carbocycles. The Kier molecular flexibility index (Phi) is 3.38. The Hall–Kier alpha value is -0.940. The van der Waals surface area contributed by atoms with Gasteiger partial charge in [-0.3, -0.25) is 0 Å². The summed E-state index contributed by atoms with van der Waals surface area (Å²) < 4.78 is 10.9. The summed E-state index contributed by atoms with van der Waals surface area (Å²) in [6, 6.07) is 0. The average Bonchev–Trinajstić information content (AvgIpc) is 3.00. The molecule has 3 heterocycles. The third-order valence-electron chi connectivity index (χ3n) is 3.62. The Morgan fingerprint density at radius 3 is 2.88 bits per heavy atom. The van der Waals surface area contributed by atoms with Crippen LogP contribution in [0.15, 0.2) is 4.52 Å². The van der Waals surface area contributed by atoms with Gasteiger partial charge in [0.1, 0.15) is 6.10 Å². The predicted molar refractivity (Wildman–Crippen MR) is 61.5 cm³/mol. The quantitative estimate of drug-likeness (QED) is 0.862. The lowest BCUT2D eigenvalue weighted by molar-refractivity contribution is 0.103. The number of rotatable bonds is 3. The second-order valence-corrected chi connectivity index (χ2v) is 4.95. The molecule has 0 aliphatic carbocycles. The molecule has 17 heavy (non-hydrogen) atoms. The van der Waals surface area contributed by atoms with Crippen molar-refractivity contribution < 1.29 is 9.26 Å². The van der Waals surface area contributed by atoms with Gasteiger partial charge in [-0.2, -0.15) is 4.98 Å². The van der Waals surface area contributed by atoms with Crippen LogP contribution < -0.4 is 5.32 Å². The first-order chi connectivity index (χ1) is 8.42. The molecule has 1 unspecified atom stereocenters. The third-order valence-corrected chi connectivity index (χ3v) is 3.62. The fourth-order valence-electron chi connectivity index (χ4n) is 2.60. The van der Waals surface area contributed by atoms with E-state index in [4.69, 9.17) is 9.26 Å². The van der Waals surface area contributed by atoms with Gasteiger partial charge in [0.25, 0.3) is 0 Å². The van der Waals surface area contributed by atoms with Crippen LogP contribution in [-0.2, 0) is 11.2 Å². The van der Waals surface area contributed by atoms with Gasteiger partial charge in [-0.15, -0.1) is 0 Å². The van der Waals surface area contributed by atoms with E-state index in [1.54, 1.807) is 0 Å². The van der Waals surface area contributed by atoms with Crippen LogP contribution in [0, 0.1) is 5.92 Å². The SMILES string of the molecule is C1COC(c2noc(CC3CCNCC3)n2)C1. The zero-order chi connectivity index (χ0) is 11.5. The summed E-state index contributed by atoms with van der Waals surface area (Å²) in [5, 5.41) is 7.40. The van der Waals surface area contributed by atoms with E-state index in [0.717, 1.165) is 50.7 Å². The summed E-state index contributed by atoms with van der Waals surface area (Å²) in [5.74, 6) is 2.21. The molecule has 0 bridgehead atoms. The van der Waals surface area contributed by atoms with Crippen molar-refractivity contribution in [2.24, 2.45) is 5.92 Å². The molecular weight excluding hydrogens is 218 g/mol. The van der Waals surface area contributed by atoms with Crippen molar-refractivity contribution in [1.82, 2.24) is 15.5 Å². The maximum absolute atomic E-state index is 5.55. The first-order valence-electron chi connectivity index (χ1n) is 6.56. The van der Waals surface area contributed by atoms with E-state index < -0.39 is 0 Å². The van der Waals surface area contributed by atoms with E-state index in [9.17, 15) is 0 Å². The van der Waals surface area contributed by atoms with Crippen LogP contribution in [0.2, 0.25) is 0 Å². The van der Waals surface area contributed by atoms with Crippen LogP contribution >= 0.6 is 0 Å². The molecular formula is C12H19N3O2. The summed E-state index contributed by atoms with van der Waals surface area (Å²) in [4.78, 5) is 4.46. The Labute approximate surface area is 101 Å². The van der Waals surface area contributed by atoms with Gasteiger partial charge in [0.05, 0.1) is 0 Å². The highest BCUT2D eigenvalue weighted by molar-refractivity contribution is 4.94. The van der Waals surface area contributed by atoms with E-state index in [1.165, 1.54) is 12.8 Å². The Morgan fingerprint density at radius 2 is 2.12 bits per heavy atom. The number of nitrogens with one attached hydrogen (secondary N) is 1. The molecule has 1 atom stereocenters. The second-order valence-electron chi connectivity index (χ2n) is 4.95. The van der Waals surface area contributed by atoms with Gasteiger partial charge in [-0.25, -0.2) is 0 Å². The number of hydrogen-bond acceptors (Lipinski definition) is 5. The molecule has 1 N–H and O–H groups in total. The van der Waals surface area contributed by atoms with Crippen molar-refractivity contribution in [2.45, 2.75) is 38.2 Å². The zero-order valence-corrected chi connectivity index (χ0v) is 10.0. The minimum Gasteiger partial charge on any atom is -0.370 e. The third kappa shape index (κ3) is 2.66. The Balaban J connectivity index is 1.59. The normalized spacial score (nSPS) is 26.5. The summed E-state index contributed by atoms with van der Waals surface area (Å²) in [7, 11) is 0. The van der Waals surface area contributed by atoms with Crippen LogP contribution in [0.4, 0.5) is 0 Å². The maximum Gasteiger partial charge on any atom is 0.227 e. The fraction of sp³-hybridized carbons (Fsp3) is 0.833. The molecule has 1 aromatic rings. The fourth-order valence-corrected chi connectivity index (χ4v) is 2.60. The molecule has 2 aliphatic heterocycles. The van der Waals surface area contributed by atoms with Crippen molar-refractivity contribution in [3.05, 3.63) is 11.7 Å². The molecule has 0 amide bonds. The first-order valence-corrected chi connectivity index (χ1v) is 6.56. The van der Waals surface area contributed by atoms with Gasteiger partial charge >= 0.3 is 0 Å². The number of hydrogen-bond donors (Lipinski definition) is 1. The molecule has 2 aliphatic rings. The minimum atomic E-state index is 0.0699. The van der Waals surface area contributed by atoms with E-state index in [1.807, 2.05) is 0 Å². The van der Waals surface area contributed by atoms with Crippen molar-refractivity contribution >= 4 is 0 Å². The molecule has 3 rings (SSSR count). The topological polar surface area (TPSA) is 60.2 Å². The summed E-state index contributed by atoms with van der Waals surface area (Å²) in [6.07, 6.45) is 5.52. The van der Waals surface area contributed by atoms with E-state index in [2.05, 4.69) is 15.5 Å². The zero-order valence-electron chi connectivity index (χ0n) is 10.0. The van der Waals surface area contributed by atoms with E-state index in [-0.39, 0.29) is 6.10 Å². The van der Waals surface area contributed by atoms with Crippen molar-refractivity contribution in [3.63, 3.8) is 0 Å². The number of aromatic nitrogens is 2. The number of piperidine rings is 1. The molecule has 2 saturated heterocycles. The largest absolute Gasteiger partial charge is 0.370 e.